The molecule has 0 unspecified atom stereocenters. The number of benzene rings is 2. The molecule has 1 aliphatic heterocycles. The lowest BCUT2D eigenvalue weighted by Gasteiger charge is -2.35. The van der Waals surface area contributed by atoms with Gasteiger partial charge in [-0.15, -0.1) is 0 Å². The van der Waals surface area contributed by atoms with E-state index in [1.54, 1.807) is 6.08 Å². The highest BCUT2D eigenvalue weighted by molar-refractivity contribution is 6.08. The minimum Gasteiger partial charge on any atom is -0.392 e. The van der Waals surface area contributed by atoms with Gasteiger partial charge in [-0.3, -0.25) is 4.79 Å². The molecule has 118 valence electrons. The van der Waals surface area contributed by atoms with Crippen molar-refractivity contribution in [1.29, 1.82) is 0 Å². The first kappa shape index (κ1) is 15.5. The third kappa shape index (κ3) is 3.35. The number of aliphatic hydroxyl groups is 1. The van der Waals surface area contributed by atoms with E-state index in [1.807, 2.05) is 48.5 Å². The number of ketones is 1. The molecule has 2 N–H and O–H groups in total. The third-order valence-corrected chi connectivity index (χ3v) is 4.09. The molecule has 0 aromatic heterocycles. The molecule has 0 saturated carbocycles. The summed E-state index contributed by atoms with van der Waals surface area (Å²) in [5.41, 5.74) is 4.42. The van der Waals surface area contributed by atoms with Gasteiger partial charge in [0, 0.05) is 28.4 Å². The van der Waals surface area contributed by atoms with Gasteiger partial charge in [0.15, 0.2) is 5.78 Å². The summed E-state index contributed by atoms with van der Waals surface area (Å²) < 4.78 is 0. The van der Waals surface area contributed by atoms with E-state index in [-0.39, 0.29) is 17.9 Å². The van der Waals surface area contributed by atoms with Crippen LogP contribution in [0.25, 0.3) is 5.70 Å². The molecular weight excluding hydrogens is 286 g/mol. The number of carbonyl (C=O) groups is 1. The van der Waals surface area contributed by atoms with Crippen molar-refractivity contribution in [2.45, 2.75) is 32.4 Å². The molecule has 1 aliphatic rings. The van der Waals surface area contributed by atoms with Crippen LogP contribution >= 0.6 is 0 Å². The molecule has 0 spiro atoms. The maximum absolute atomic E-state index is 12.5. The van der Waals surface area contributed by atoms with Crippen LogP contribution in [0, 0.1) is 0 Å². The lowest BCUT2D eigenvalue weighted by atomic mass is 9.84. The van der Waals surface area contributed by atoms with Gasteiger partial charge < -0.3 is 10.4 Å². The van der Waals surface area contributed by atoms with Crippen LogP contribution in [0.3, 0.4) is 0 Å². The third-order valence-electron chi connectivity index (χ3n) is 4.09. The molecule has 0 atom stereocenters. The highest BCUT2D eigenvalue weighted by atomic mass is 16.3. The number of hydrogen-bond donors (Lipinski definition) is 2. The van der Waals surface area contributed by atoms with Gasteiger partial charge in [-0.25, -0.2) is 0 Å². The van der Waals surface area contributed by atoms with Crippen LogP contribution in [0.1, 0.15) is 40.9 Å². The first-order valence-electron chi connectivity index (χ1n) is 7.81. The van der Waals surface area contributed by atoms with Crippen LogP contribution in [0.5, 0.6) is 0 Å². The minimum absolute atomic E-state index is 0.00339. The Morgan fingerprint density at radius 2 is 1.96 bits per heavy atom. The summed E-state index contributed by atoms with van der Waals surface area (Å²) >= 11 is 0. The predicted octanol–water partition coefficient (Wildman–Crippen LogP) is 3.33. The molecule has 0 bridgehead atoms. The normalized spacial score (nSPS) is 17.4. The molecule has 0 amide bonds. The van der Waals surface area contributed by atoms with Crippen molar-refractivity contribution < 1.29 is 9.90 Å². The minimum atomic E-state index is -0.115. The fraction of sp³-hybridized carbons (Fsp3) is 0.250. The Hall–Kier alpha value is -2.39. The van der Waals surface area contributed by atoms with Crippen molar-refractivity contribution in [3.05, 3.63) is 76.9 Å². The van der Waals surface area contributed by atoms with Crippen LogP contribution in [0.2, 0.25) is 0 Å². The highest BCUT2D eigenvalue weighted by Gasteiger charge is 2.28. The average molecular weight is 307 g/mol. The zero-order valence-corrected chi connectivity index (χ0v) is 13.5. The van der Waals surface area contributed by atoms with Crippen molar-refractivity contribution in [3.8, 4) is 0 Å². The first-order valence-corrected chi connectivity index (χ1v) is 7.81. The second kappa shape index (κ2) is 6.01. The Bertz CT molecular complexity index is 760. The molecule has 0 aliphatic carbocycles. The molecule has 0 fully saturated rings. The van der Waals surface area contributed by atoms with Gasteiger partial charge in [-0.2, -0.15) is 0 Å². The fourth-order valence-corrected chi connectivity index (χ4v) is 3.01. The number of rotatable bonds is 3. The van der Waals surface area contributed by atoms with E-state index in [0.29, 0.717) is 5.56 Å². The number of nitrogens with one attached hydrogen (secondary N) is 1. The lowest BCUT2D eigenvalue weighted by Crippen LogP contribution is -2.43. The van der Waals surface area contributed by atoms with Crippen LogP contribution in [-0.4, -0.2) is 16.4 Å². The topological polar surface area (TPSA) is 49.3 Å². The molecule has 1 heterocycles. The standard InChI is InChI=1S/C20H21NO2/c1-20(2)12-16-9-8-14(13-22)10-17(16)18(21-20)11-19(23)15-6-4-3-5-7-15/h3-11,21-22H,12-13H2,1-2H3. The Kier molecular flexibility index (Phi) is 4.05. The van der Waals surface area contributed by atoms with Gasteiger partial charge in [0.1, 0.15) is 0 Å². The number of hydrogen-bond acceptors (Lipinski definition) is 3. The van der Waals surface area contributed by atoms with Gasteiger partial charge in [0.05, 0.1) is 6.61 Å². The number of allylic oxidation sites excluding steroid dienone is 1. The van der Waals surface area contributed by atoms with Crippen molar-refractivity contribution in [2.75, 3.05) is 0 Å². The van der Waals surface area contributed by atoms with E-state index in [1.165, 1.54) is 5.56 Å². The maximum Gasteiger partial charge on any atom is 0.187 e. The van der Waals surface area contributed by atoms with E-state index >= 15 is 0 Å². The second-order valence-electron chi connectivity index (χ2n) is 6.62. The number of fused-ring (bicyclic) bond motifs is 1. The zero-order valence-electron chi connectivity index (χ0n) is 13.5. The summed E-state index contributed by atoms with van der Waals surface area (Å²) in [6, 6.07) is 15.2. The number of aliphatic hydroxyl groups excluding tert-OH is 1. The number of carbonyl (C=O) groups excluding carboxylic acids is 1. The summed E-state index contributed by atoms with van der Waals surface area (Å²) in [4.78, 5) is 12.5. The van der Waals surface area contributed by atoms with Gasteiger partial charge in [-0.05, 0) is 37.5 Å². The summed E-state index contributed by atoms with van der Waals surface area (Å²) in [7, 11) is 0. The monoisotopic (exact) mass is 307 g/mol. The Balaban J connectivity index is 2.05. The first-order chi connectivity index (χ1) is 11.0. The predicted molar refractivity (Wildman–Crippen MR) is 92.0 cm³/mol. The fourth-order valence-electron chi connectivity index (χ4n) is 3.01. The van der Waals surface area contributed by atoms with E-state index in [4.69, 9.17) is 0 Å². The van der Waals surface area contributed by atoms with E-state index in [9.17, 15) is 9.90 Å². The van der Waals surface area contributed by atoms with Crippen LogP contribution in [0.4, 0.5) is 0 Å². The summed E-state index contributed by atoms with van der Waals surface area (Å²) in [5.74, 6) is -0.0221. The molecule has 3 heteroatoms. The van der Waals surface area contributed by atoms with Crippen LogP contribution < -0.4 is 5.32 Å². The summed E-state index contributed by atoms with van der Waals surface area (Å²) in [6.45, 7) is 4.24. The van der Waals surface area contributed by atoms with Crippen LogP contribution in [0.15, 0.2) is 54.6 Å². The van der Waals surface area contributed by atoms with Gasteiger partial charge in [0.25, 0.3) is 0 Å². The molecule has 2 aromatic rings. The Morgan fingerprint density at radius 3 is 2.65 bits per heavy atom. The van der Waals surface area contributed by atoms with Crippen LogP contribution in [-0.2, 0) is 13.0 Å². The smallest absolute Gasteiger partial charge is 0.187 e. The highest BCUT2D eigenvalue weighted by Crippen LogP contribution is 2.30. The van der Waals surface area contributed by atoms with Crippen molar-refractivity contribution in [2.24, 2.45) is 0 Å². The van der Waals surface area contributed by atoms with Crippen molar-refractivity contribution >= 4 is 11.5 Å². The van der Waals surface area contributed by atoms with Gasteiger partial charge >= 0.3 is 0 Å². The molecule has 0 saturated heterocycles. The van der Waals surface area contributed by atoms with Gasteiger partial charge in [-0.1, -0.05) is 42.5 Å². The van der Waals surface area contributed by atoms with Gasteiger partial charge in [0.2, 0.25) is 0 Å². The van der Waals surface area contributed by atoms with E-state index in [0.717, 1.165) is 23.2 Å². The Morgan fingerprint density at radius 1 is 1.22 bits per heavy atom. The molecule has 2 aromatic carbocycles. The molecular formula is C20H21NO2. The lowest BCUT2D eigenvalue weighted by molar-refractivity contribution is 0.104. The largest absolute Gasteiger partial charge is 0.392 e. The van der Waals surface area contributed by atoms with Crippen molar-refractivity contribution in [3.63, 3.8) is 0 Å². The molecule has 0 radical (unpaired) electrons. The van der Waals surface area contributed by atoms with Crippen molar-refractivity contribution in [1.82, 2.24) is 5.32 Å². The van der Waals surface area contributed by atoms with E-state index in [2.05, 4.69) is 19.2 Å². The average Bonchev–Trinajstić information content (AvgIpc) is 2.54. The van der Waals surface area contributed by atoms with E-state index < -0.39 is 0 Å². The second-order valence-corrected chi connectivity index (χ2v) is 6.62. The molecule has 3 rings (SSSR count). The summed E-state index contributed by atoms with van der Waals surface area (Å²) in [5, 5.41) is 12.8. The maximum atomic E-state index is 12.5. The summed E-state index contributed by atoms with van der Waals surface area (Å²) in [6.07, 6.45) is 2.54. The Labute approximate surface area is 136 Å². The molecule has 3 nitrogen and oxygen atoms in total. The quantitative estimate of drug-likeness (QED) is 0.675. The zero-order chi connectivity index (χ0) is 16.4. The SMILES string of the molecule is CC1(C)Cc2ccc(CO)cc2C(=CC(=O)c2ccccc2)N1. The molecule has 23 heavy (non-hydrogen) atoms.